The topological polar surface area (TPSA) is 35.5 Å². The zero-order valence-electron chi connectivity index (χ0n) is 7.38. The van der Waals surface area contributed by atoms with Gasteiger partial charge in [0, 0.05) is 6.42 Å². The Hall–Kier alpha value is 0.0200. The van der Waals surface area contributed by atoms with Crippen molar-refractivity contribution in [3.05, 3.63) is 0 Å². The highest BCUT2D eigenvalue weighted by atomic mass is 31.1. The van der Waals surface area contributed by atoms with Gasteiger partial charge in [-0.1, -0.05) is 0 Å². The van der Waals surface area contributed by atoms with E-state index in [1.54, 1.807) is 0 Å². The molecule has 1 heterocycles. The van der Waals surface area contributed by atoms with Crippen molar-refractivity contribution in [3.8, 4) is 0 Å². The molecule has 1 radical (unpaired) electrons. The van der Waals surface area contributed by atoms with Crippen molar-refractivity contribution >= 4 is 8.25 Å². The van der Waals surface area contributed by atoms with E-state index in [1.165, 1.54) is 0 Å². The van der Waals surface area contributed by atoms with Crippen LogP contribution in [0.3, 0.4) is 0 Å². The van der Waals surface area contributed by atoms with Crippen molar-refractivity contribution < 1.29 is 13.6 Å². The average molecular weight is 177 g/mol. The highest BCUT2D eigenvalue weighted by molar-refractivity contribution is 7.33. The van der Waals surface area contributed by atoms with E-state index in [1.807, 2.05) is 27.7 Å². The van der Waals surface area contributed by atoms with Gasteiger partial charge >= 0.3 is 8.25 Å². The van der Waals surface area contributed by atoms with Crippen LogP contribution < -0.4 is 0 Å². The molecule has 65 valence electrons. The lowest BCUT2D eigenvalue weighted by Crippen LogP contribution is -2.39. The van der Waals surface area contributed by atoms with Crippen LogP contribution in [0.1, 0.15) is 34.1 Å². The maximum Gasteiger partial charge on any atom is 0.369 e. The number of hydrogen-bond acceptors (Lipinski definition) is 3. The molecular weight excluding hydrogens is 163 g/mol. The van der Waals surface area contributed by atoms with Gasteiger partial charge in [-0.15, -0.1) is 0 Å². The zero-order valence-corrected chi connectivity index (χ0v) is 8.27. The van der Waals surface area contributed by atoms with E-state index < -0.39 is 8.25 Å². The second-order valence-corrected chi connectivity index (χ2v) is 4.91. The molecule has 0 N–H and O–H groups in total. The van der Waals surface area contributed by atoms with Crippen LogP contribution in [0.15, 0.2) is 0 Å². The Morgan fingerprint density at radius 2 is 1.45 bits per heavy atom. The maximum absolute atomic E-state index is 11.0. The van der Waals surface area contributed by atoms with Crippen LogP contribution in [0.5, 0.6) is 0 Å². The standard InChI is InChI=1S/C7H14O3P/c1-6(2)5-7(3,4)10-11(8)9-6/h5H2,1-4H3. The molecule has 3 nitrogen and oxygen atoms in total. The molecule has 0 amide bonds. The first-order valence-corrected chi connectivity index (χ1v) is 4.76. The first-order valence-electron chi connectivity index (χ1n) is 3.66. The molecule has 1 aliphatic rings. The normalized spacial score (nSPS) is 28.5. The van der Waals surface area contributed by atoms with Crippen molar-refractivity contribution in [2.45, 2.75) is 45.3 Å². The fraction of sp³-hybridized carbons (Fsp3) is 1.00. The largest absolute Gasteiger partial charge is 0.369 e. The van der Waals surface area contributed by atoms with Crippen molar-refractivity contribution in [1.82, 2.24) is 0 Å². The van der Waals surface area contributed by atoms with E-state index in [0.29, 0.717) is 0 Å². The van der Waals surface area contributed by atoms with E-state index in [-0.39, 0.29) is 11.2 Å². The van der Waals surface area contributed by atoms with Gasteiger partial charge < -0.3 is 0 Å². The van der Waals surface area contributed by atoms with Crippen molar-refractivity contribution in [3.63, 3.8) is 0 Å². The molecule has 1 saturated heterocycles. The summed E-state index contributed by atoms with van der Waals surface area (Å²) < 4.78 is 21.2. The Morgan fingerprint density at radius 1 is 1.09 bits per heavy atom. The van der Waals surface area contributed by atoms with Gasteiger partial charge in [-0.2, -0.15) is 0 Å². The SMILES string of the molecule is CC1(C)CC(C)(C)O[P](=O)O1. The second kappa shape index (κ2) is 2.51. The fourth-order valence-electron chi connectivity index (χ4n) is 1.51. The Balaban J connectivity index is 2.74. The molecule has 0 atom stereocenters. The monoisotopic (exact) mass is 177 g/mol. The molecule has 1 aliphatic heterocycles. The van der Waals surface area contributed by atoms with E-state index in [9.17, 15) is 4.57 Å². The van der Waals surface area contributed by atoms with Crippen LogP contribution in [0.2, 0.25) is 0 Å². The Labute approximate surface area is 68.0 Å². The lowest BCUT2D eigenvalue weighted by molar-refractivity contribution is -0.0507. The molecule has 11 heavy (non-hydrogen) atoms. The van der Waals surface area contributed by atoms with Crippen LogP contribution in [-0.2, 0) is 13.6 Å². The Morgan fingerprint density at radius 3 is 1.73 bits per heavy atom. The Kier molecular flexibility index (Phi) is 2.08. The smallest absolute Gasteiger partial charge is 0.277 e. The first-order chi connectivity index (χ1) is 4.81. The summed E-state index contributed by atoms with van der Waals surface area (Å²) in [5.74, 6) is 0. The lowest BCUT2D eigenvalue weighted by atomic mass is 9.93. The third-order valence-electron chi connectivity index (χ3n) is 1.49. The van der Waals surface area contributed by atoms with Crippen LogP contribution in [0, 0.1) is 0 Å². The summed E-state index contributed by atoms with van der Waals surface area (Å²) in [5, 5.41) is 0. The first kappa shape index (κ1) is 9.11. The van der Waals surface area contributed by atoms with Crippen LogP contribution in [0.4, 0.5) is 0 Å². The van der Waals surface area contributed by atoms with Crippen molar-refractivity contribution in [2.24, 2.45) is 0 Å². The molecule has 1 rings (SSSR count). The maximum atomic E-state index is 11.0. The summed E-state index contributed by atoms with van der Waals surface area (Å²) in [4.78, 5) is 0. The molecule has 0 saturated carbocycles. The third kappa shape index (κ3) is 2.51. The summed E-state index contributed by atoms with van der Waals surface area (Å²) in [6, 6.07) is 0. The minimum Gasteiger partial charge on any atom is -0.277 e. The quantitative estimate of drug-likeness (QED) is 0.533. The van der Waals surface area contributed by atoms with Gasteiger partial charge in [0.1, 0.15) is 0 Å². The molecule has 0 aromatic heterocycles. The van der Waals surface area contributed by atoms with Crippen LogP contribution in [0.25, 0.3) is 0 Å². The number of hydrogen-bond donors (Lipinski definition) is 0. The predicted octanol–water partition coefficient (Wildman–Crippen LogP) is 2.64. The van der Waals surface area contributed by atoms with Crippen molar-refractivity contribution in [1.29, 1.82) is 0 Å². The summed E-state index contributed by atoms with van der Waals surface area (Å²) in [5.41, 5.74) is -0.648. The fourth-order valence-corrected chi connectivity index (χ4v) is 2.49. The van der Waals surface area contributed by atoms with Crippen LogP contribution >= 0.6 is 8.25 Å². The summed E-state index contributed by atoms with van der Waals surface area (Å²) in [7, 11) is -1.92. The van der Waals surface area contributed by atoms with E-state index in [2.05, 4.69) is 0 Å². The number of rotatable bonds is 0. The van der Waals surface area contributed by atoms with Gasteiger partial charge in [0.25, 0.3) is 0 Å². The zero-order chi connectivity index (χ0) is 8.70. The van der Waals surface area contributed by atoms with Gasteiger partial charge in [0.15, 0.2) is 0 Å². The van der Waals surface area contributed by atoms with E-state index in [4.69, 9.17) is 9.05 Å². The highest BCUT2D eigenvalue weighted by Crippen LogP contribution is 2.46. The molecule has 0 unspecified atom stereocenters. The highest BCUT2D eigenvalue weighted by Gasteiger charge is 2.39. The summed E-state index contributed by atoms with van der Waals surface area (Å²) in [6.07, 6.45) is 0.765. The van der Waals surface area contributed by atoms with Gasteiger partial charge in [-0.25, -0.2) is 4.57 Å². The minimum atomic E-state index is -1.92. The molecule has 0 spiro atoms. The Bertz CT molecular complexity index is 168. The molecule has 0 aliphatic carbocycles. The molecule has 0 bridgehead atoms. The van der Waals surface area contributed by atoms with Crippen LogP contribution in [-0.4, -0.2) is 11.2 Å². The minimum absolute atomic E-state index is 0.324. The third-order valence-corrected chi connectivity index (χ3v) is 2.78. The van der Waals surface area contributed by atoms with E-state index in [0.717, 1.165) is 6.42 Å². The van der Waals surface area contributed by atoms with E-state index >= 15 is 0 Å². The molecule has 0 aromatic carbocycles. The molecular formula is C7H14O3P. The second-order valence-electron chi connectivity index (χ2n) is 4.10. The average Bonchev–Trinajstić information content (AvgIpc) is 1.49. The van der Waals surface area contributed by atoms with Gasteiger partial charge in [-0.05, 0) is 27.7 Å². The summed E-state index contributed by atoms with van der Waals surface area (Å²) in [6.45, 7) is 7.68. The van der Waals surface area contributed by atoms with Gasteiger partial charge in [0.05, 0.1) is 11.2 Å². The van der Waals surface area contributed by atoms with Gasteiger partial charge in [0.2, 0.25) is 0 Å². The predicted molar refractivity (Wildman–Crippen MR) is 42.6 cm³/mol. The molecule has 4 heteroatoms. The molecule has 0 aromatic rings. The molecule has 1 fully saturated rings. The lowest BCUT2D eigenvalue weighted by Gasteiger charge is -2.38. The van der Waals surface area contributed by atoms with Gasteiger partial charge in [-0.3, -0.25) is 9.05 Å². The van der Waals surface area contributed by atoms with Crippen molar-refractivity contribution in [2.75, 3.05) is 0 Å². The summed E-state index contributed by atoms with van der Waals surface area (Å²) >= 11 is 0.